The number of rotatable bonds is 4. The van der Waals surface area contributed by atoms with Crippen LogP contribution in [0.4, 0.5) is 0 Å². The molecule has 3 nitrogen and oxygen atoms in total. The first-order valence-corrected chi connectivity index (χ1v) is 7.72. The third-order valence-corrected chi connectivity index (χ3v) is 8.15. The van der Waals surface area contributed by atoms with Crippen molar-refractivity contribution in [1.82, 2.24) is 0 Å². The highest BCUT2D eigenvalue weighted by Gasteiger charge is 2.96. The average Bonchev–Trinajstić information content (AvgIpc) is 2.90. The van der Waals surface area contributed by atoms with Crippen molar-refractivity contribution >= 4 is 0 Å². The van der Waals surface area contributed by atoms with Gasteiger partial charge in [0.15, 0.2) is 0 Å². The molecule has 0 radical (unpaired) electrons. The number of hydrogen-bond acceptors (Lipinski definition) is 3. The van der Waals surface area contributed by atoms with Crippen molar-refractivity contribution in [2.75, 3.05) is 13.2 Å². The maximum Gasteiger partial charge on any atom is 0.0781 e. The van der Waals surface area contributed by atoms with Crippen LogP contribution in [-0.2, 0) is 4.74 Å². The fourth-order valence-electron chi connectivity index (χ4n) is 8.63. The van der Waals surface area contributed by atoms with Gasteiger partial charge in [0.2, 0.25) is 0 Å². The van der Waals surface area contributed by atoms with Crippen molar-refractivity contribution in [3.8, 4) is 0 Å². The molecule has 7 rings (SSSR count). The van der Waals surface area contributed by atoms with Crippen LogP contribution in [0.15, 0.2) is 0 Å². The maximum atomic E-state index is 9.49. The number of ether oxygens (including phenoxy) is 1. The van der Waals surface area contributed by atoms with Gasteiger partial charge in [0, 0.05) is 26.1 Å². The van der Waals surface area contributed by atoms with Gasteiger partial charge in [-0.1, -0.05) is 0 Å². The van der Waals surface area contributed by atoms with Crippen LogP contribution in [0.2, 0.25) is 0 Å². The highest BCUT2D eigenvalue weighted by atomic mass is 16.5. The molecule has 3 heteroatoms. The monoisotopic (exact) mass is 248 g/mol. The Labute approximate surface area is 107 Å². The fourth-order valence-corrected chi connectivity index (χ4v) is 8.63. The van der Waals surface area contributed by atoms with Crippen LogP contribution < -0.4 is 0 Å². The van der Waals surface area contributed by atoms with Crippen molar-refractivity contribution in [1.29, 1.82) is 0 Å². The van der Waals surface area contributed by atoms with Crippen LogP contribution in [0.25, 0.3) is 0 Å². The minimum atomic E-state index is 0.0380. The lowest BCUT2D eigenvalue weighted by Gasteiger charge is -2.47. The van der Waals surface area contributed by atoms with Gasteiger partial charge in [-0.3, -0.25) is 0 Å². The molecule has 7 fully saturated rings. The van der Waals surface area contributed by atoms with E-state index >= 15 is 0 Å². The lowest BCUT2D eigenvalue weighted by atomic mass is 9.54. The summed E-state index contributed by atoms with van der Waals surface area (Å²) in [5, 5.41) is 19.0. The topological polar surface area (TPSA) is 49.7 Å². The van der Waals surface area contributed by atoms with Gasteiger partial charge in [0.1, 0.15) is 0 Å². The Hall–Kier alpha value is -0.120. The molecule has 18 heavy (non-hydrogen) atoms. The van der Waals surface area contributed by atoms with Gasteiger partial charge in [-0.2, -0.15) is 0 Å². The predicted molar refractivity (Wildman–Crippen MR) is 62.5 cm³/mol. The minimum Gasteiger partial charge on any atom is -0.396 e. The van der Waals surface area contributed by atoms with E-state index < -0.39 is 0 Å². The third-order valence-electron chi connectivity index (χ3n) is 8.15. The average molecular weight is 248 g/mol. The standard InChI is InChI=1S/C15H20O3/c16-3-1-14-10-6-5-7-9-8(6)12(14)13(9)15(18-14,2-4-17)11(7)10/h6-13,16-17H,1-5H2. The molecule has 2 heterocycles. The lowest BCUT2D eigenvalue weighted by Crippen LogP contribution is -2.52. The van der Waals surface area contributed by atoms with Gasteiger partial charge in [0.25, 0.3) is 0 Å². The van der Waals surface area contributed by atoms with Gasteiger partial charge in [-0.15, -0.1) is 0 Å². The molecule has 5 aliphatic carbocycles. The van der Waals surface area contributed by atoms with Crippen LogP contribution in [0.3, 0.4) is 0 Å². The Morgan fingerprint density at radius 3 is 1.78 bits per heavy atom. The van der Waals surface area contributed by atoms with Crippen molar-refractivity contribution < 1.29 is 14.9 Å². The van der Waals surface area contributed by atoms with E-state index in [0.717, 1.165) is 60.2 Å². The van der Waals surface area contributed by atoms with E-state index in [1.165, 1.54) is 6.42 Å². The molecule has 7 aliphatic rings. The Kier molecular flexibility index (Phi) is 1.31. The van der Waals surface area contributed by atoms with Crippen LogP contribution in [0.1, 0.15) is 19.3 Å². The van der Waals surface area contributed by atoms with Crippen molar-refractivity contribution in [3.63, 3.8) is 0 Å². The highest BCUT2D eigenvalue weighted by molar-refractivity contribution is 5.43. The van der Waals surface area contributed by atoms with Gasteiger partial charge in [0.05, 0.1) is 11.2 Å². The van der Waals surface area contributed by atoms with Crippen LogP contribution in [0, 0.1) is 47.3 Å². The normalized spacial score (nSPS) is 75.0. The summed E-state index contributed by atoms with van der Waals surface area (Å²) in [6, 6.07) is 0. The number of aliphatic hydroxyl groups excluding tert-OH is 2. The summed E-state index contributed by atoms with van der Waals surface area (Å²) in [6.07, 6.45) is 3.16. The van der Waals surface area contributed by atoms with E-state index in [2.05, 4.69) is 0 Å². The second-order valence-electron chi connectivity index (χ2n) is 7.78. The maximum absolute atomic E-state index is 9.49. The zero-order valence-corrected chi connectivity index (χ0v) is 10.5. The molecule has 2 aliphatic heterocycles. The van der Waals surface area contributed by atoms with Gasteiger partial charge in [-0.25, -0.2) is 0 Å². The summed E-state index contributed by atoms with van der Waals surface area (Å²) in [5.74, 6) is 6.70. The molecule has 5 saturated carbocycles. The SMILES string of the molecule is OCCC12OC3(CCO)C4C5CC(C6C5C3C61)C42. The molecule has 0 aromatic heterocycles. The number of hydrogen-bond donors (Lipinski definition) is 2. The molecule has 0 aromatic rings. The fraction of sp³-hybridized carbons (Fsp3) is 1.00. The summed E-state index contributed by atoms with van der Waals surface area (Å²) in [6.45, 7) is 0.548. The molecular formula is C15H20O3. The minimum absolute atomic E-state index is 0.0380. The zero-order valence-electron chi connectivity index (χ0n) is 10.5. The van der Waals surface area contributed by atoms with E-state index in [-0.39, 0.29) is 24.4 Å². The molecule has 98 valence electrons. The molecule has 2 N–H and O–H groups in total. The molecule has 0 aromatic carbocycles. The van der Waals surface area contributed by atoms with Crippen LogP contribution in [-0.4, -0.2) is 34.6 Å². The third kappa shape index (κ3) is 0.580. The Bertz CT molecular complexity index is 421. The van der Waals surface area contributed by atoms with Crippen molar-refractivity contribution in [2.24, 2.45) is 47.3 Å². The molecule has 2 saturated heterocycles. The highest BCUT2D eigenvalue weighted by Crippen LogP contribution is 2.93. The van der Waals surface area contributed by atoms with Crippen molar-refractivity contribution in [3.05, 3.63) is 0 Å². The van der Waals surface area contributed by atoms with E-state index in [1.807, 2.05) is 0 Å². The molecule has 0 spiro atoms. The van der Waals surface area contributed by atoms with E-state index in [1.54, 1.807) is 0 Å². The largest absolute Gasteiger partial charge is 0.396 e. The Morgan fingerprint density at radius 2 is 1.33 bits per heavy atom. The molecular weight excluding hydrogens is 228 g/mol. The second kappa shape index (κ2) is 2.43. The van der Waals surface area contributed by atoms with E-state index in [0.29, 0.717) is 0 Å². The van der Waals surface area contributed by atoms with Gasteiger partial charge in [-0.05, 0) is 53.8 Å². The first-order valence-electron chi connectivity index (χ1n) is 7.72. The van der Waals surface area contributed by atoms with E-state index in [4.69, 9.17) is 4.74 Å². The molecule has 0 amide bonds. The smallest absolute Gasteiger partial charge is 0.0781 e. The first-order chi connectivity index (χ1) is 8.80. The summed E-state index contributed by atoms with van der Waals surface area (Å²) >= 11 is 0. The van der Waals surface area contributed by atoms with Gasteiger partial charge >= 0.3 is 0 Å². The molecule has 10 unspecified atom stereocenters. The summed E-state index contributed by atoms with van der Waals surface area (Å²) in [4.78, 5) is 0. The van der Waals surface area contributed by atoms with Crippen LogP contribution in [0.5, 0.6) is 0 Å². The van der Waals surface area contributed by atoms with E-state index in [9.17, 15) is 10.2 Å². The van der Waals surface area contributed by atoms with Gasteiger partial charge < -0.3 is 14.9 Å². The summed E-state index contributed by atoms with van der Waals surface area (Å²) < 4.78 is 6.70. The molecule has 4 bridgehead atoms. The number of aliphatic hydroxyl groups is 2. The Morgan fingerprint density at radius 1 is 0.833 bits per heavy atom. The predicted octanol–water partition coefficient (Wildman–Crippen LogP) is 0.647. The zero-order chi connectivity index (χ0) is 11.9. The Balaban J connectivity index is 1.59. The lowest BCUT2D eigenvalue weighted by molar-refractivity contribution is -0.0891. The quantitative estimate of drug-likeness (QED) is 0.768. The van der Waals surface area contributed by atoms with Crippen LogP contribution >= 0.6 is 0 Å². The second-order valence-corrected chi connectivity index (χ2v) is 7.78. The summed E-state index contributed by atoms with van der Waals surface area (Å²) in [5.41, 5.74) is 0.0761. The first kappa shape index (κ1) is 9.73. The summed E-state index contributed by atoms with van der Waals surface area (Å²) in [7, 11) is 0. The van der Waals surface area contributed by atoms with Crippen molar-refractivity contribution in [2.45, 2.75) is 30.5 Å². The molecule has 10 atom stereocenters.